The summed E-state index contributed by atoms with van der Waals surface area (Å²) in [7, 11) is 0. The lowest BCUT2D eigenvalue weighted by Crippen LogP contribution is -2.54. The van der Waals surface area contributed by atoms with Crippen molar-refractivity contribution in [2.45, 2.75) is 83.8 Å². The average molecular weight is 357 g/mol. The third-order valence-corrected chi connectivity index (χ3v) is 8.73. The van der Waals surface area contributed by atoms with E-state index in [1.54, 1.807) is 0 Å². The quantitative estimate of drug-likeness (QED) is 0.435. The monoisotopic (exact) mass is 357 g/mol. The van der Waals surface area contributed by atoms with Gasteiger partial charge in [0.25, 0.3) is 0 Å². The van der Waals surface area contributed by atoms with Crippen molar-refractivity contribution in [3.05, 3.63) is 11.6 Å². The highest BCUT2D eigenvalue weighted by Gasteiger charge is 2.64. The fraction of sp³-hybridized carbons (Fsp3) is 0.818. The van der Waals surface area contributed by atoms with Crippen molar-refractivity contribution in [3.8, 4) is 6.07 Å². The second-order valence-corrected chi connectivity index (χ2v) is 9.70. The SMILES string of the molecule is CC(=O)O[C@@H]1CC[C@@]2(C)C(=CC[C@@H]3[C@H]4CC[C@](O)(C#N)[C@@]4(C)CC[C@@H]32)C1. The minimum absolute atomic E-state index is 0.0346. The van der Waals surface area contributed by atoms with Gasteiger partial charge in [0, 0.05) is 18.8 Å². The predicted molar refractivity (Wildman–Crippen MR) is 97.8 cm³/mol. The number of nitrogens with zero attached hydrogens (tertiary/aromatic N) is 1. The standard InChI is InChI=1S/C22H31NO3/c1-14(24)26-16-6-9-20(2)15(12-16)4-5-17-18(20)7-10-21(3)19(17)8-11-22(21,25)13-23/h4,16-19,25H,5-12H2,1-3H3/t16-,17+,18+,19-,20+,21+,22+/m1/s1. The molecule has 26 heavy (non-hydrogen) atoms. The van der Waals surface area contributed by atoms with E-state index in [0.717, 1.165) is 44.9 Å². The van der Waals surface area contributed by atoms with Crippen LogP contribution in [0.15, 0.2) is 11.6 Å². The van der Waals surface area contributed by atoms with Crippen LogP contribution in [0.25, 0.3) is 0 Å². The van der Waals surface area contributed by atoms with E-state index in [-0.39, 0.29) is 22.9 Å². The molecule has 0 aliphatic heterocycles. The highest BCUT2D eigenvalue weighted by Crippen LogP contribution is 2.67. The zero-order chi connectivity index (χ0) is 18.7. The molecule has 0 aromatic carbocycles. The molecule has 4 rings (SSSR count). The summed E-state index contributed by atoms with van der Waals surface area (Å²) in [5.41, 5.74) is 0.252. The summed E-state index contributed by atoms with van der Waals surface area (Å²) in [6.45, 7) is 6.06. The molecule has 0 unspecified atom stereocenters. The molecule has 0 radical (unpaired) electrons. The van der Waals surface area contributed by atoms with Crippen molar-refractivity contribution in [2.24, 2.45) is 28.6 Å². The highest BCUT2D eigenvalue weighted by molar-refractivity contribution is 5.66. The molecule has 0 heterocycles. The molecular weight excluding hydrogens is 326 g/mol. The van der Waals surface area contributed by atoms with E-state index in [1.807, 2.05) is 0 Å². The summed E-state index contributed by atoms with van der Waals surface area (Å²) in [5.74, 6) is 1.45. The van der Waals surface area contributed by atoms with Gasteiger partial charge in [0.15, 0.2) is 5.60 Å². The number of carbonyl (C=O) groups is 1. The Labute approximate surface area is 156 Å². The number of hydrogen-bond donors (Lipinski definition) is 1. The molecule has 4 aliphatic carbocycles. The van der Waals surface area contributed by atoms with Crippen molar-refractivity contribution in [1.29, 1.82) is 5.26 Å². The molecule has 0 saturated heterocycles. The lowest BCUT2D eigenvalue weighted by molar-refractivity contribution is -0.149. The minimum Gasteiger partial charge on any atom is -0.462 e. The van der Waals surface area contributed by atoms with E-state index in [1.165, 1.54) is 12.5 Å². The number of allylic oxidation sites excluding steroid dienone is 1. The van der Waals surface area contributed by atoms with Gasteiger partial charge in [0.2, 0.25) is 0 Å². The summed E-state index contributed by atoms with van der Waals surface area (Å²) >= 11 is 0. The summed E-state index contributed by atoms with van der Waals surface area (Å²) in [5, 5.41) is 20.5. The molecular formula is C22H31NO3. The number of esters is 1. The molecule has 0 spiro atoms. The van der Waals surface area contributed by atoms with Crippen molar-refractivity contribution in [3.63, 3.8) is 0 Å². The minimum atomic E-state index is -1.15. The molecule has 4 heteroatoms. The van der Waals surface area contributed by atoms with Crippen molar-refractivity contribution in [2.75, 3.05) is 0 Å². The zero-order valence-electron chi connectivity index (χ0n) is 16.3. The Morgan fingerprint density at radius 2 is 1.96 bits per heavy atom. The van der Waals surface area contributed by atoms with E-state index in [9.17, 15) is 15.2 Å². The number of fused-ring (bicyclic) bond motifs is 5. The maximum atomic E-state index is 11.3. The summed E-state index contributed by atoms with van der Waals surface area (Å²) in [6, 6.07) is 2.26. The first kappa shape index (κ1) is 18.0. The lowest BCUT2D eigenvalue weighted by Gasteiger charge is -2.58. The molecule has 0 bridgehead atoms. The van der Waals surface area contributed by atoms with Crippen LogP contribution in [0.1, 0.15) is 72.1 Å². The van der Waals surface area contributed by atoms with Crippen molar-refractivity contribution >= 4 is 5.97 Å². The summed E-state index contributed by atoms with van der Waals surface area (Å²) < 4.78 is 5.50. The Hall–Kier alpha value is -1.34. The second kappa shape index (κ2) is 5.83. The molecule has 1 N–H and O–H groups in total. The molecule has 3 saturated carbocycles. The van der Waals surface area contributed by atoms with Crippen LogP contribution in [-0.4, -0.2) is 22.8 Å². The first-order chi connectivity index (χ1) is 12.2. The third kappa shape index (κ3) is 2.32. The van der Waals surface area contributed by atoms with Gasteiger partial charge < -0.3 is 9.84 Å². The predicted octanol–water partition coefficient (Wildman–Crippen LogP) is 4.14. The van der Waals surface area contributed by atoms with Gasteiger partial charge in [0.05, 0.1) is 6.07 Å². The van der Waals surface area contributed by atoms with Crippen molar-refractivity contribution < 1.29 is 14.6 Å². The Kier molecular flexibility index (Phi) is 4.04. The molecule has 3 fully saturated rings. The van der Waals surface area contributed by atoms with Gasteiger partial charge in [0.1, 0.15) is 6.10 Å². The van der Waals surface area contributed by atoms with Crippen molar-refractivity contribution in [1.82, 2.24) is 0 Å². The van der Waals surface area contributed by atoms with E-state index in [0.29, 0.717) is 24.2 Å². The van der Waals surface area contributed by atoms with Crippen LogP contribution in [0.5, 0.6) is 0 Å². The van der Waals surface area contributed by atoms with Crippen LogP contribution in [-0.2, 0) is 9.53 Å². The smallest absolute Gasteiger partial charge is 0.302 e. The number of rotatable bonds is 1. The molecule has 0 aromatic heterocycles. The zero-order valence-corrected chi connectivity index (χ0v) is 16.3. The number of hydrogen-bond acceptors (Lipinski definition) is 4. The van der Waals surface area contributed by atoms with Gasteiger partial charge in [-0.3, -0.25) is 4.79 Å². The number of aliphatic hydroxyl groups is 1. The van der Waals surface area contributed by atoms with Crippen LogP contribution in [0, 0.1) is 39.9 Å². The first-order valence-electron chi connectivity index (χ1n) is 10.2. The van der Waals surface area contributed by atoms with E-state index in [2.05, 4.69) is 26.0 Å². The van der Waals surface area contributed by atoms with E-state index >= 15 is 0 Å². The number of carbonyl (C=O) groups excluding carboxylic acids is 1. The molecule has 142 valence electrons. The van der Waals surface area contributed by atoms with Crippen LogP contribution in [0.4, 0.5) is 0 Å². The number of nitriles is 1. The van der Waals surface area contributed by atoms with Gasteiger partial charge in [-0.05, 0) is 68.1 Å². The van der Waals surface area contributed by atoms with Crippen LogP contribution >= 0.6 is 0 Å². The molecule has 4 aliphatic rings. The van der Waals surface area contributed by atoms with Gasteiger partial charge in [-0.1, -0.05) is 25.5 Å². The highest BCUT2D eigenvalue weighted by atomic mass is 16.5. The Morgan fingerprint density at radius 3 is 2.65 bits per heavy atom. The van der Waals surface area contributed by atoms with Crippen LogP contribution in [0.2, 0.25) is 0 Å². The average Bonchev–Trinajstić information content (AvgIpc) is 2.87. The first-order valence-corrected chi connectivity index (χ1v) is 10.2. The van der Waals surface area contributed by atoms with Gasteiger partial charge >= 0.3 is 5.97 Å². The van der Waals surface area contributed by atoms with E-state index < -0.39 is 5.60 Å². The summed E-state index contributed by atoms with van der Waals surface area (Å²) in [6.07, 6.45) is 10.0. The fourth-order valence-electron chi connectivity index (χ4n) is 7.16. The second-order valence-electron chi connectivity index (χ2n) is 9.70. The van der Waals surface area contributed by atoms with Gasteiger partial charge in [-0.25, -0.2) is 0 Å². The normalized spacial score (nSPS) is 49.9. The lowest BCUT2D eigenvalue weighted by atomic mass is 9.47. The van der Waals surface area contributed by atoms with Crippen LogP contribution in [0.3, 0.4) is 0 Å². The Balaban J connectivity index is 1.61. The van der Waals surface area contributed by atoms with Crippen LogP contribution < -0.4 is 0 Å². The molecule has 0 aromatic rings. The van der Waals surface area contributed by atoms with Gasteiger partial charge in [-0.2, -0.15) is 5.26 Å². The summed E-state index contributed by atoms with van der Waals surface area (Å²) in [4.78, 5) is 11.3. The Morgan fingerprint density at radius 1 is 1.23 bits per heavy atom. The Bertz CT molecular complexity index is 694. The fourth-order valence-corrected chi connectivity index (χ4v) is 7.16. The van der Waals surface area contributed by atoms with Gasteiger partial charge in [-0.15, -0.1) is 0 Å². The third-order valence-electron chi connectivity index (χ3n) is 8.73. The molecule has 0 amide bonds. The molecule has 7 atom stereocenters. The topological polar surface area (TPSA) is 70.3 Å². The number of ether oxygens (including phenoxy) is 1. The maximum absolute atomic E-state index is 11.3. The van der Waals surface area contributed by atoms with E-state index in [4.69, 9.17) is 4.74 Å². The largest absolute Gasteiger partial charge is 0.462 e. The maximum Gasteiger partial charge on any atom is 0.302 e. The molecule has 4 nitrogen and oxygen atoms in total.